The van der Waals surface area contributed by atoms with Crippen molar-refractivity contribution in [2.75, 3.05) is 18.0 Å². The minimum absolute atomic E-state index is 0.228. The first-order chi connectivity index (χ1) is 13.6. The van der Waals surface area contributed by atoms with Crippen LogP contribution in [0.25, 0.3) is 20.7 Å². The number of rotatable bonds is 3. The SMILES string of the molecule is [C-]#[N+]c1ccc2nc(N3CC[C@@H](F)[C@H](N)C3)n(Cc3cnc([N+]#[C-])cn3)c2c1. The Bertz CT molecular complexity index is 1090. The molecule has 0 saturated carbocycles. The van der Waals surface area contributed by atoms with Crippen LogP contribution in [-0.4, -0.2) is 44.8 Å². The summed E-state index contributed by atoms with van der Waals surface area (Å²) in [7, 11) is 0. The average Bonchev–Trinajstić information content (AvgIpc) is 3.08. The zero-order valence-corrected chi connectivity index (χ0v) is 15.0. The first kappa shape index (κ1) is 17.8. The molecule has 1 fully saturated rings. The van der Waals surface area contributed by atoms with Gasteiger partial charge in [0.15, 0.2) is 5.69 Å². The van der Waals surface area contributed by atoms with E-state index in [0.29, 0.717) is 43.4 Å². The molecule has 0 unspecified atom stereocenters. The molecule has 2 aromatic heterocycles. The van der Waals surface area contributed by atoms with Crippen LogP contribution in [0.3, 0.4) is 0 Å². The van der Waals surface area contributed by atoms with Gasteiger partial charge in [-0.05, 0) is 18.6 Å². The van der Waals surface area contributed by atoms with Gasteiger partial charge in [-0.3, -0.25) is 4.98 Å². The Morgan fingerprint density at radius 1 is 1.21 bits per heavy atom. The molecule has 3 aromatic rings. The van der Waals surface area contributed by atoms with Crippen molar-refractivity contribution in [3.05, 3.63) is 59.1 Å². The Morgan fingerprint density at radius 2 is 2.07 bits per heavy atom. The van der Waals surface area contributed by atoms with Crippen molar-refractivity contribution >= 4 is 28.5 Å². The van der Waals surface area contributed by atoms with E-state index in [-0.39, 0.29) is 5.82 Å². The molecule has 8 nitrogen and oxygen atoms in total. The number of aromatic nitrogens is 4. The third-order valence-electron chi connectivity index (χ3n) is 4.82. The second-order valence-electron chi connectivity index (χ2n) is 6.68. The predicted molar refractivity (Wildman–Crippen MR) is 103 cm³/mol. The number of anilines is 1. The number of imidazole rings is 1. The molecule has 0 spiro atoms. The maximum absolute atomic E-state index is 13.8. The molecule has 0 amide bonds. The molecule has 1 saturated heterocycles. The Morgan fingerprint density at radius 3 is 2.75 bits per heavy atom. The molecule has 2 N–H and O–H groups in total. The molecule has 1 aliphatic rings. The van der Waals surface area contributed by atoms with Gasteiger partial charge in [-0.1, -0.05) is 12.6 Å². The summed E-state index contributed by atoms with van der Waals surface area (Å²) in [4.78, 5) is 21.8. The maximum atomic E-state index is 13.8. The van der Waals surface area contributed by atoms with Crippen LogP contribution in [-0.2, 0) is 6.54 Å². The predicted octanol–water partition coefficient (Wildman–Crippen LogP) is 2.85. The van der Waals surface area contributed by atoms with Gasteiger partial charge in [-0.25, -0.2) is 14.2 Å². The average molecular weight is 376 g/mol. The first-order valence-electron chi connectivity index (χ1n) is 8.80. The minimum atomic E-state index is -1.02. The molecule has 3 heterocycles. The molecule has 0 aliphatic carbocycles. The molecule has 1 aliphatic heterocycles. The van der Waals surface area contributed by atoms with Crippen molar-refractivity contribution in [2.45, 2.75) is 25.2 Å². The van der Waals surface area contributed by atoms with Crippen molar-refractivity contribution in [1.29, 1.82) is 0 Å². The van der Waals surface area contributed by atoms with E-state index in [1.54, 1.807) is 24.4 Å². The molecule has 28 heavy (non-hydrogen) atoms. The molecule has 4 rings (SSSR count). The summed E-state index contributed by atoms with van der Waals surface area (Å²) in [6.45, 7) is 15.5. The highest BCUT2D eigenvalue weighted by Gasteiger charge is 2.29. The van der Waals surface area contributed by atoms with Crippen LogP contribution in [0.4, 0.5) is 21.8 Å². The van der Waals surface area contributed by atoms with Gasteiger partial charge in [0.1, 0.15) is 18.1 Å². The van der Waals surface area contributed by atoms with Gasteiger partial charge in [0, 0.05) is 13.1 Å². The fourth-order valence-electron chi connectivity index (χ4n) is 3.35. The van der Waals surface area contributed by atoms with Crippen molar-refractivity contribution < 1.29 is 4.39 Å². The van der Waals surface area contributed by atoms with Gasteiger partial charge in [0.25, 0.3) is 5.82 Å². The fraction of sp³-hybridized carbons (Fsp3) is 0.316. The van der Waals surface area contributed by atoms with Gasteiger partial charge in [0.2, 0.25) is 5.95 Å². The van der Waals surface area contributed by atoms with Crippen LogP contribution in [0.1, 0.15) is 12.1 Å². The number of halogens is 1. The largest absolute Gasteiger partial charge is 0.359 e. The third kappa shape index (κ3) is 3.24. The van der Waals surface area contributed by atoms with Crippen molar-refractivity contribution in [1.82, 2.24) is 19.5 Å². The highest BCUT2D eigenvalue weighted by Crippen LogP contribution is 2.29. The van der Waals surface area contributed by atoms with Crippen LogP contribution >= 0.6 is 0 Å². The number of hydrogen-bond acceptors (Lipinski definition) is 5. The molecule has 1 aromatic carbocycles. The second-order valence-corrected chi connectivity index (χ2v) is 6.68. The van der Waals surface area contributed by atoms with Gasteiger partial charge in [-0.15, -0.1) is 4.98 Å². The lowest BCUT2D eigenvalue weighted by Crippen LogP contribution is -2.50. The number of benzene rings is 1. The number of hydrogen-bond donors (Lipinski definition) is 1. The van der Waals surface area contributed by atoms with E-state index in [0.717, 1.165) is 11.0 Å². The van der Waals surface area contributed by atoms with Crippen LogP contribution in [0.2, 0.25) is 0 Å². The monoisotopic (exact) mass is 376 g/mol. The Kier molecular flexibility index (Phi) is 4.60. The van der Waals surface area contributed by atoms with Gasteiger partial charge in [0.05, 0.1) is 36.4 Å². The van der Waals surface area contributed by atoms with E-state index in [9.17, 15) is 4.39 Å². The number of piperidine rings is 1. The normalized spacial score (nSPS) is 19.4. The molecule has 2 atom stereocenters. The minimum Gasteiger partial charge on any atom is -0.359 e. The Balaban J connectivity index is 1.78. The summed E-state index contributed by atoms with van der Waals surface area (Å²) in [5, 5.41) is 0. The van der Waals surface area contributed by atoms with Gasteiger partial charge >= 0.3 is 0 Å². The summed E-state index contributed by atoms with van der Waals surface area (Å²) >= 11 is 0. The number of fused-ring (bicyclic) bond motifs is 1. The first-order valence-corrected chi connectivity index (χ1v) is 8.80. The van der Waals surface area contributed by atoms with Crippen molar-refractivity contribution in [3.63, 3.8) is 0 Å². The van der Waals surface area contributed by atoms with E-state index in [4.69, 9.17) is 23.9 Å². The standard InChI is InChI=1S/C19H17FN8/c1-22-12-3-4-16-17(7-12)28(10-13-8-25-18(23-2)9-24-13)19(26-16)27-6-5-14(20)15(21)11-27/h3-4,7-9,14-15H,5-6,10-11,21H2/t14-,15-/m1/s1. The second kappa shape index (κ2) is 7.22. The molecule has 140 valence electrons. The van der Waals surface area contributed by atoms with Crippen LogP contribution in [0.15, 0.2) is 30.6 Å². The van der Waals surface area contributed by atoms with E-state index in [2.05, 4.69) is 19.7 Å². The molecular formula is C19H17FN8. The fourth-order valence-corrected chi connectivity index (χ4v) is 3.35. The lowest BCUT2D eigenvalue weighted by atomic mass is 10.1. The van der Waals surface area contributed by atoms with Crippen LogP contribution in [0.5, 0.6) is 0 Å². The molecular weight excluding hydrogens is 359 g/mol. The maximum Gasteiger partial charge on any atom is 0.287 e. The topological polar surface area (TPSA) is 81.6 Å². The highest BCUT2D eigenvalue weighted by molar-refractivity contribution is 5.83. The molecule has 0 bridgehead atoms. The molecule has 0 radical (unpaired) electrons. The van der Waals surface area contributed by atoms with E-state index in [1.807, 2.05) is 9.47 Å². The Hall–Kier alpha value is -3.56. The Labute approximate surface area is 161 Å². The van der Waals surface area contributed by atoms with E-state index < -0.39 is 12.2 Å². The van der Waals surface area contributed by atoms with Crippen LogP contribution < -0.4 is 10.6 Å². The van der Waals surface area contributed by atoms with E-state index >= 15 is 0 Å². The third-order valence-corrected chi connectivity index (χ3v) is 4.82. The summed E-state index contributed by atoms with van der Waals surface area (Å²) < 4.78 is 15.8. The summed E-state index contributed by atoms with van der Waals surface area (Å²) in [6.07, 6.45) is 2.31. The van der Waals surface area contributed by atoms with E-state index in [1.165, 1.54) is 6.20 Å². The number of nitrogens with zero attached hydrogens (tertiary/aromatic N) is 7. The van der Waals surface area contributed by atoms with Crippen molar-refractivity contribution in [3.8, 4) is 0 Å². The van der Waals surface area contributed by atoms with Gasteiger partial charge in [-0.2, -0.15) is 0 Å². The lowest BCUT2D eigenvalue weighted by Gasteiger charge is -2.34. The smallest absolute Gasteiger partial charge is 0.287 e. The van der Waals surface area contributed by atoms with Crippen LogP contribution in [0, 0.1) is 13.1 Å². The molecule has 9 heteroatoms. The number of nitrogens with two attached hydrogens (primary N) is 1. The number of alkyl halides is 1. The quantitative estimate of drug-likeness (QED) is 0.711. The zero-order valence-electron chi connectivity index (χ0n) is 15.0. The summed E-state index contributed by atoms with van der Waals surface area (Å²) in [5.41, 5.74) is 8.63. The summed E-state index contributed by atoms with van der Waals surface area (Å²) in [6, 6.07) is 4.74. The zero-order chi connectivity index (χ0) is 19.7. The van der Waals surface area contributed by atoms with Crippen molar-refractivity contribution in [2.24, 2.45) is 5.73 Å². The van der Waals surface area contributed by atoms with Gasteiger partial charge < -0.3 is 20.0 Å². The summed E-state index contributed by atoms with van der Waals surface area (Å²) in [5.74, 6) is 0.890. The lowest BCUT2D eigenvalue weighted by molar-refractivity contribution is 0.243. The highest BCUT2D eigenvalue weighted by atomic mass is 19.1.